The zero-order chi connectivity index (χ0) is 13.1. The molecule has 1 heterocycles. The lowest BCUT2D eigenvalue weighted by Crippen LogP contribution is -1.97. The van der Waals surface area contributed by atoms with Gasteiger partial charge in [0.2, 0.25) is 5.76 Å². The van der Waals surface area contributed by atoms with Gasteiger partial charge in [-0.05, 0) is 24.3 Å². The molecule has 0 saturated carbocycles. The summed E-state index contributed by atoms with van der Waals surface area (Å²) in [5, 5.41) is 8.91. The van der Waals surface area contributed by atoms with Crippen molar-refractivity contribution in [3.8, 4) is 0 Å². The summed E-state index contributed by atoms with van der Waals surface area (Å²) in [5.41, 5.74) is 0.577. The minimum atomic E-state index is -1.10. The van der Waals surface area contributed by atoms with Crippen molar-refractivity contribution in [2.75, 3.05) is 0 Å². The van der Waals surface area contributed by atoms with E-state index in [1.165, 1.54) is 30.2 Å². The molecule has 6 heteroatoms. The lowest BCUT2D eigenvalue weighted by molar-refractivity contribution is 0.0661. The van der Waals surface area contributed by atoms with Crippen LogP contribution in [0.3, 0.4) is 0 Å². The fraction of sp³-hybridized carbons (Fsp3) is 0.0833. The maximum Gasteiger partial charge on any atom is 0.372 e. The van der Waals surface area contributed by atoms with Crippen LogP contribution < -0.4 is 0 Å². The summed E-state index contributed by atoms with van der Waals surface area (Å²) in [5.74, 6) is -1.24. The van der Waals surface area contributed by atoms with E-state index in [9.17, 15) is 9.18 Å². The van der Waals surface area contributed by atoms with Gasteiger partial charge in [0.25, 0.3) is 0 Å². The third kappa shape index (κ3) is 2.86. The van der Waals surface area contributed by atoms with Crippen molar-refractivity contribution in [1.82, 2.24) is 0 Å². The second kappa shape index (κ2) is 5.46. The van der Waals surface area contributed by atoms with Gasteiger partial charge in [-0.2, -0.15) is 0 Å². The predicted molar refractivity (Wildman–Crippen MR) is 66.6 cm³/mol. The van der Waals surface area contributed by atoms with Gasteiger partial charge in [0.1, 0.15) is 5.82 Å². The maximum absolute atomic E-state index is 12.9. The van der Waals surface area contributed by atoms with Crippen molar-refractivity contribution in [2.24, 2.45) is 0 Å². The van der Waals surface area contributed by atoms with E-state index in [1.807, 2.05) is 0 Å². The Morgan fingerprint density at radius 1 is 1.44 bits per heavy atom. The second-order valence-corrected chi connectivity index (χ2v) is 4.90. The van der Waals surface area contributed by atoms with E-state index in [1.54, 1.807) is 12.1 Å². The summed E-state index contributed by atoms with van der Waals surface area (Å²) in [4.78, 5) is 11.6. The number of carbonyl (C=O) groups is 1. The largest absolute Gasteiger partial charge is 0.475 e. The number of hydrogen-bond donors (Lipinski definition) is 1. The Morgan fingerprint density at radius 3 is 2.89 bits per heavy atom. The second-order valence-electron chi connectivity index (χ2n) is 3.44. The number of halogens is 2. The highest BCUT2D eigenvalue weighted by atomic mass is 35.5. The van der Waals surface area contributed by atoms with Crippen LogP contribution in [0.15, 0.2) is 39.8 Å². The normalized spacial score (nSPS) is 10.6. The van der Waals surface area contributed by atoms with Crippen molar-refractivity contribution < 1.29 is 18.7 Å². The average molecular weight is 287 g/mol. The molecule has 2 rings (SSSR count). The molecule has 0 saturated heterocycles. The van der Waals surface area contributed by atoms with E-state index in [0.717, 1.165) is 4.90 Å². The SMILES string of the molecule is O=C(O)c1occc1CSc1ccc(F)c(Cl)c1. The summed E-state index contributed by atoms with van der Waals surface area (Å²) < 4.78 is 17.8. The Labute approximate surface area is 112 Å². The average Bonchev–Trinajstić information content (AvgIpc) is 2.79. The number of furan rings is 1. The first-order valence-corrected chi connectivity index (χ1v) is 6.32. The standard InChI is InChI=1S/C12H8ClFO3S/c13-9-5-8(1-2-10(9)14)18-6-7-3-4-17-11(7)12(15)16/h1-5H,6H2,(H,15,16). The quantitative estimate of drug-likeness (QED) is 0.861. The van der Waals surface area contributed by atoms with Gasteiger partial charge in [-0.1, -0.05) is 11.6 Å². The minimum Gasteiger partial charge on any atom is -0.475 e. The number of thioether (sulfide) groups is 1. The van der Waals surface area contributed by atoms with Crippen LogP contribution >= 0.6 is 23.4 Å². The molecule has 94 valence electrons. The first-order valence-electron chi connectivity index (χ1n) is 4.95. The van der Waals surface area contributed by atoms with Crippen molar-refractivity contribution in [2.45, 2.75) is 10.6 Å². The first kappa shape index (κ1) is 13.0. The van der Waals surface area contributed by atoms with E-state index < -0.39 is 11.8 Å². The Morgan fingerprint density at radius 2 is 2.22 bits per heavy atom. The predicted octanol–water partition coefficient (Wildman–Crippen LogP) is 4.06. The lowest BCUT2D eigenvalue weighted by atomic mass is 10.3. The van der Waals surface area contributed by atoms with Crippen LogP contribution in [0.4, 0.5) is 4.39 Å². The van der Waals surface area contributed by atoms with Crippen molar-refractivity contribution in [1.29, 1.82) is 0 Å². The third-order valence-corrected chi connectivity index (χ3v) is 3.56. The van der Waals surface area contributed by atoms with Crippen LogP contribution in [0.2, 0.25) is 5.02 Å². The number of benzene rings is 1. The molecule has 0 aliphatic rings. The Hall–Kier alpha value is -1.46. The molecule has 0 amide bonds. The number of aromatic carboxylic acids is 1. The maximum atomic E-state index is 12.9. The Kier molecular flexibility index (Phi) is 3.93. The molecule has 0 aliphatic carbocycles. The molecule has 0 spiro atoms. The van der Waals surface area contributed by atoms with Gasteiger partial charge < -0.3 is 9.52 Å². The molecule has 3 nitrogen and oxygen atoms in total. The number of rotatable bonds is 4. The monoisotopic (exact) mass is 286 g/mol. The summed E-state index contributed by atoms with van der Waals surface area (Å²) in [6, 6.07) is 5.97. The first-order chi connectivity index (χ1) is 8.58. The molecular formula is C12H8ClFO3S. The van der Waals surface area contributed by atoms with Gasteiger partial charge in [-0.15, -0.1) is 11.8 Å². The van der Waals surface area contributed by atoms with E-state index in [2.05, 4.69) is 0 Å². The van der Waals surface area contributed by atoms with Crippen LogP contribution in [-0.4, -0.2) is 11.1 Å². The van der Waals surface area contributed by atoms with Crippen LogP contribution in [0, 0.1) is 5.82 Å². The zero-order valence-electron chi connectivity index (χ0n) is 9.02. The molecule has 0 atom stereocenters. The van der Waals surface area contributed by atoms with Crippen LogP contribution in [0.1, 0.15) is 16.1 Å². The molecule has 0 aliphatic heterocycles. The van der Waals surface area contributed by atoms with Gasteiger partial charge >= 0.3 is 5.97 Å². The topological polar surface area (TPSA) is 50.4 Å². The van der Waals surface area contributed by atoms with Gasteiger partial charge in [0.15, 0.2) is 0 Å². The fourth-order valence-corrected chi connectivity index (χ4v) is 2.52. The van der Waals surface area contributed by atoms with Gasteiger partial charge in [-0.25, -0.2) is 9.18 Å². The zero-order valence-corrected chi connectivity index (χ0v) is 10.6. The highest BCUT2D eigenvalue weighted by Gasteiger charge is 2.14. The molecule has 0 bridgehead atoms. The highest BCUT2D eigenvalue weighted by Crippen LogP contribution is 2.28. The number of carboxylic acid groups (broad SMARTS) is 1. The Bertz CT molecular complexity index is 582. The van der Waals surface area contributed by atoms with Crippen molar-refractivity contribution in [3.05, 3.63) is 52.7 Å². The molecule has 2 aromatic rings. The van der Waals surface area contributed by atoms with E-state index in [4.69, 9.17) is 21.1 Å². The summed E-state index contributed by atoms with van der Waals surface area (Å²) >= 11 is 7.01. The van der Waals surface area contributed by atoms with Crippen LogP contribution in [-0.2, 0) is 5.75 Å². The number of hydrogen-bond acceptors (Lipinski definition) is 3. The smallest absolute Gasteiger partial charge is 0.372 e. The molecule has 0 radical (unpaired) electrons. The van der Waals surface area contributed by atoms with E-state index >= 15 is 0 Å². The molecule has 0 fully saturated rings. The summed E-state index contributed by atoms with van der Waals surface area (Å²) in [6.07, 6.45) is 1.33. The minimum absolute atomic E-state index is 0.0469. The molecule has 1 N–H and O–H groups in total. The summed E-state index contributed by atoms with van der Waals surface area (Å²) in [7, 11) is 0. The summed E-state index contributed by atoms with van der Waals surface area (Å²) in [6.45, 7) is 0. The molecular weight excluding hydrogens is 279 g/mol. The fourth-order valence-electron chi connectivity index (χ4n) is 1.36. The lowest BCUT2D eigenvalue weighted by Gasteiger charge is -2.02. The van der Waals surface area contributed by atoms with Crippen molar-refractivity contribution >= 4 is 29.3 Å². The van der Waals surface area contributed by atoms with Gasteiger partial charge in [-0.3, -0.25) is 0 Å². The molecule has 18 heavy (non-hydrogen) atoms. The van der Waals surface area contributed by atoms with Crippen LogP contribution in [0.5, 0.6) is 0 Å². The number of carboxylic acids is 1. The third-order valence-electron chi connectivity index (χ3n) is 2.23. The van der Waals surface area contributed by atoms with Crippen molar-refractivity contribution in [3.63, 3.8) is 0 Å². The van der Waals surface area contributed by atoms with Gasteiger partial charge in [0.05, 0.1) is 11.3 Å². The van der Waals surface area contributed by atoms with E-state index in [0.29, 0.717) is 11.3 Å². The highest BCUT2D eigenvalue weighted by molar-refractivity contribution is 7.98. The molecule has 1 aromatic heterocycles. The molecule has 0 unspecified atom stereocenters. The van der Waals surface area contributed by atoms with E-state index in [-0.39, 0.29) is 10.8 Å². The Balaban J connectivity index is 2.09. The van der Waals surface area contributed by atoms with Crippen LogP contribution in [0.25, 0.3) is 0 Å². The van der Waals surface area contributed by atoms with Gasteiger partial charge in [0, 0.05) is 16.2 Å². The molecule has 1 aromatic carbocycles.